The van der Waals surface area contributed by atoms with Crippen molar-refractivity contribution in [3.63, 3.8) is 0 Å². The van der Waals surface area contributed by atoms with Crippen molar-refractivity contribution in [3.8, 4) is 0 Å². The minimum atomic E-state index is -1.79. The van der Waals surface area contributed by atoms with E-state index in [-0.39, 0.29) is 18.6 Å². The van der Waals surface area contributed by atoms with E-state index in [0.29, 0.717) is 0 Å². The number of hydrogen-bond donors (Lipinski definition) is 4. The Kier molecular flexibility index (Phi) is 4.57. The van der Waals surface area contributed by atoms with Gasteiger partial charge in [0, 0.05) is 18.0 Å². The maximum absolute atomic E-state index is 10.3. The number of aliphatic hydroxyl groups excluding tert-OH is 1. The van der Waals surface area contributed by atoms with Gasteiger partial charge in [-0.1, -0.05) is 6.58 Å². The number of hydrogen-bond acceptors (Lipinski definition) is 4. The summed E-state index contributed by atoms with van der Waals surface area (Å²) in [5.41, 5.74) is -0.306. The van der Waals surface area contributed by atoms with Crippen molar-refractivity contribution in [2.45, 2.75) is 12.2 Å². The van der Waals surface area contributed by atoms with Gasteiger partial charge in [0.1, 0.15) is 0 Å². The zero-order valence-electron chi connectivity index (χ0n) is 6.47. The minimum Gasteiger partial charge on any atom is -0.478 e. The molecule has 5 nitrogen and oxygen atoms in total. The van der Waals surface area contributed by atoms with Gasteiger partial charge in [0.25, 0.3) is 0 Å². The van der Waals surface area contributed by atoms with Gasteiger partial charge in [0.2, 0.25) is 0 Å². The van der Waals surface area contributed by atoms with Crippen LogP contribution in [0.3, 0.4) is 0 Å². The van der Waals surface area contributed by atoms with Crippen LogP contribution in [0.2, 0.25) is 5.82 Å². The molecule has 0 fully saturated rings. The van der Waals surface area contributed by atoms with Crippen LogP contribution in [0.4, 0.5) is 0 Å². The summed E-state index contributed by atoms with van der Waals surface area (Å²) >= 11 is 0. The van der Waals surface area contributed by atoms with Gasteiger partial charge in [-0.15, -0.1) is 0 Å². The first-order chi connectivity index (χ1) is 5.50. The smallest absolute Gasteiger partial charge is 0.459 e. The number of carboxylic acid groups (broad SMARTS) is 1. The molecule has 0 rings (SSSR count). The largest absolute Gasteiger partial charge is 0.478 e. The maximum atomic E-state index is 10.3. The Bertz CT molecular complexity index is 179. The summed E-state index contributed by atoms with van der Waals surface area (Å²) in [7, 11) is -1.79. The van der Waals surface area contributed by atoms with Gasteiger partial charge in [-0.25, -0.2) is 4.79 Å². The highest BCUT2D eigenvalue weighted by Crippen LogP contribution is 2.21. The third kappa shape index (κ3) is 3.04. The molecule has 0 spiro atoms. The Balaban J connectivity index is 4.29. The highest BCUT2D eigenvalue weighted by atomic mass is 16.4. The molecule has 0 aliphatic rings. The molecule has 0 aliphatic heterocycles. The number of rotatable bonds is 5. The topological polar surface area (TPSA) is 98.0 Å². The van der Waals surface area contributed by atoms with Crippen LogP contribution >= 0.6 is 0 Å². The first-order valence-corrected chi connectivity index (χ1v) is 3.39. The number of aliphatic hydroxyl groups is 1. The molecule has 0 aromatic rings. The second-order valence-corrected chi connectivity index (χ2v) is 2.36. The summed E-state index contributed by atoms with van der Waals surface area (Å²) in [6.45, 7) is 2.85. The van der Waals surface area contributed by atoms with Crippen molar-refractivity contribution < 1.29 is 25.1 Å². The summed E-state index contributed by atoms with van der Waals surface area (Å²) in [5, 5.41) is 34.3. The van der Waals surface area contributed by atoms with Crippen LogP contribution in [-0.4, -0.2) is 40.0 Å². The molecule has 1 atom stereocenters. The first-order valence-electron chi connectivity index (χ1n) is 3.39. The van der Waals surface area contributed by atoms with E-state index in [1.807, 2.05) is 0 Å². The molecule has 0 bridgehead atoms. The van der Waals surface area contributed by atoms with Crippen molar-refractivity contribution >= 4 is 13.1 Å². The molecule has 1 unspecified atom stereocenters. The predicted octanol–water partition coefficient (Wildman–Crippen LogP) is -1.15. The molecule has 6 heteroatoms. The van der Waals surface area contributed by atoms with Gasteiger partial charge in [0.05, 0.1) is 0 Å². The lowest BCUT2D eigenvalue weighted by Crippen LogP contribution is -2.25. The summed E-state index contributed by atoms with van der Waals surface area (Å²) < 4.78 is 0. The van der Waals surface area contributed by atoms with E-state index in [0.717, 1.165) is 0 Å². The number of aliphatic carboxylic acids is 1. The van der Waals surface area contributed by atoms with Crippen molar-refractivity contribution in [2.24, 2.45) is 0 Å². The van der Waals surface area contributed by atoms with Gasteiger partial charge in [-0.3, -0.25) is 0 Å². The third-order valence-corrected chi connectivity index (χ3v) is 1.52. The molecular formula is C6H11BO5. The monoisotopic (exact) mass is 174 g/mol. The number of carboxylic acids is 1. The predicted molar refractivity (Wildman–Crippen MR) is 42.4 cm³/mol. The van der Waals surface area contributed by atoms with E-state index in [1.54, 1.807) is 0 Å². The fourth-order valence-corrected chi connectivity index (χ4v) is 0.801. The van der Waals surface area contributed by atoms with E-state index >= 15 is 0 Å². The minimum absolute atomic E-state index is 0.0250. The Labute approximate surface area is 70.1 Å². The first kappa shape index (κ1) is 11.2. The zero-order valence-corrected chi connectivity index (χ0v) is 6.47. The van der Waals surface area contributed by atoms with E-state index in [1.165, 1.54) is 0 Å². The second-order valence-electron chi connectivity index (χ2n) is 2.36. The van der Waals surface area contributed by atoms with Crippen LogP contribution in [-0.2, 0) is 4.79 Å². The lowest BCUT2D eigenvalue weighted by molar-refractivity contribution is -0.132. The Hall–Kier alpha value is -0.845. The molecule has 68 valence electrons. The van der Waals surface area contributed by atoms with Crippen LogP contribution in [0.1, 0.15) is 6.42 Å². The third-order valence-electron chi connectivity index (χ3n) is 1.52. The van der Waals surface area contributed by atoms with Crippen molar-refractivity contribution in [1.82, 2.24) is 0 Å². The molecule has 0 aromatic carbocycles. The van der Waals surface area contributed by atoms with Crippen LogP contribution in [0.25, 0.3) is 0 Å². The molecule has 0 radical (unpaired) electrons. The molecule has 0 amide bonds. The lowest BCUT2D eigenvalue weighted by Gasteiger charge is -2.13. The van der Waals surface area contributed by atoms with Crippen molar-refractivity contribution in [2.75, 3.05) is 6.61 Å². The normalized spacial score (nSPS) is 12.2. The second kappa shape index (κ2) is 4.92. The number of carbonyl (C=O) groups is 1. The molecule has 0 saturated carbocycles. The Morgan fingerprint density at radius 3 is 2.25 bits per heavy atom. The summed E-state index contributed by atoms with van der Waals surface area (Å²) in [6, 6.07) is 0. The quantitative estimate of drug-likeness (QED) is 0.311. The van der Waals surface area contributed by atoms with E-state index in [2.05, 4.69) is 6.58 Å². The Morgan fingerprint density at radius 2 is 2.00 bits per heavy atom. The molecule has 0 aromatic heterocycles. The van der Waals surface area contributed by atoms with Crippen LogP contribution < -0.4 is 0 Å². The van der Waals surface area contributed by atoms with E-state index < -0.39 is 18.9 Å². The standard InChI is InChI=1S/C6H11BO5/c1-4(6(9)10)5(2-3-8)7(11)12/h5,8,11-12H,1-3H2,(H,9,10). The molecule has 0 saturated heterocycles. The highest BCUT2D eigenvalue weighted by molar-refractivity contribution is 6.45. The summed E-state index contributed by atoms with van der Waals surface area (Å²) in [4.78, 5) is 10.3. The summed E-state index contributed by atoms with van der Waals surface area (Å²) in [6.07, 6.45) is -0.0250. The van der Waals surface area contributed by atoms with Crippen molar-refractivity contribution in [3.05, 3.63) is 12.2 Å². The molecule has 0 heterocycles. The van der Waals surface area contributed by atoms with Crippen LogP contribution in [0.5, 0.6) is 0 Å². The molecule has 0 aliphatic carbocycles. The van der Waals surface area contributed by atoms with Gasteiger partial charge in [-0.2, -0.15) is 0 Å². The average molecular weight is 174 g/mol. The lowest BCUT2D eigenvalue weighted by atomic mass is 9.67. The van der Waals surface area contributed by atoms with Gasteiger partial charge in [0.15, 0.2) is 0 Å². The van der Waals surface area contributed by atoms with E-state index in [4.69, 9.17) is 20.3 Å². The summed E-state index contributed by atoms with van der Waals surface area (Å²) in [5.74, 6) is -2.30. The maximum Gasteiger partial charge on any atom is 0.459 e. The van der Waals surface area contributed by atoms with Crippen LogP contribution in [0, 0.1) is 0 Å². The van der Waals surface area contributed by atoms with Crippen LogP contribution in [0.15, 0.2) is 12.2 Å². The van der Waals surface area contributed by atoms with Crippen molar-refractivity contribution in [1.29, 1.82) is 0 Å². The SMILES string of the molecule is C=C(C(=O)O)C(CCO)B(O)O. The van der Waals surface area contributed by atoms with Gasteiger partial charge < -0.3 is 20.3 Å². The molecule has 4 N–H and O–H groups in total. The van der Waals surface area contributed by atoms with E-state index in [9.17, 15) is 4.79 Å². The Morgan fingerprint density at radius 1 is 1.50 bits per heavy atom. The fourth-order valence-electron chi connectivity index (χ4n) is 0.801. The average Bonchev–Trinajstić information content (AvgIpc) is 1.98. The molecular weight excluding hydrogens is 163 g/mol. The van der Waals surface area contributed by atoms with Gasteiger partial charge >= 0.3 is 13.1 Å². The van der Waals surface area contributed by atoms with Gasteiger partial charge in [-0.05, 0) is 6.42 Å². The highest BCUT2D eigenvalue weighted by Gasteiger charge is 2.28. The fraction of sp³-hybridized carbons (Fsp3) is 0.500. The zero-order chi connectivity index (χ0) is 9.72. The molecule has 12 heavy (non-hydrogen) atoms.